The number of carbonyl (C=O) groups is 3. The number of benzene rings is 1. The van der Waals surface area contributed by atoms with Crippen molar-refractivity contribution in [3.63, 3.8) is 0 Å². The third-order valence-corrected chi connectivity index (χ3v) is 4.33. The van der Waals surface area contributed by atoms with Gasteiger partial charge in [0, 0.05) is 31.6 Å². The molecule has 0 atom stereocenters. The fourth-order valence-electron chi connectivity index (χ4n) is 3.00. The molecule has 8 heteroatoms. The predicted octanol–water partition coefficient (Wildman–Crippen LogP) is 1.74. The molecular weight excluding hydrogens is 344 g/mol. The Morgan fingerprint density at radius 2 is 1.88 bits per heavy atom. The molecular formula is C18H25F2N3O3. The van der Waals surface area contributed by atoms with Gasteiger partial charge in [0.25, 0.3) is 0 Å². The van der Waals surface area contributed by atoms with E-state index < -0.39 is 17.2 Å². The zero-order valence-electron chi connectivity index (χ0n) is 14.8. The monoisotopic (exact) mass is 369 g/mol. The van der Waals surface area contributed by atoms with Crippen LogP contribution in [-0.4, -0.2) is 32.3 Å². The van der Waals surface area contributed by atoms with E-state index >= 15 is 0 Å². The number of halogens is 2. The van der Waals surface area contributed by atoms with Crippen molar-refractivity contribution < 1.29 is 23.2 Å². The summed E-state index contributed by atoms with van der Waals surface area (Å²) in [6.07, 6.45) is 5.67. The van der Waals surface area contributed by atoms with Gasteiger partial charge in [-0.15, -0.1) is 0 Å². The lowest BCUT2D eigenvalue weighted by atomic mass is 9.88. The van der Waals surface area contributed by atoms with E-state index in [4.69, 9.17) is 0 Å². The van der Waals surface area contributed by atoms with Gasteiger partial charge in [0.15, 0.2) is 0 Å². The number of hydrogen-bond acceptors (Lipinski definition) is 3. The topological polar surface area (TPSA) is 87.3 Å². The van der Waals surface area contributed by atoms with Crippen molar-refractivity contribution in [3.8, 4) is 0 Å². The summed E-state index contributed by atoms with van der Waals surface area (Å²) in [7, 11) is 1.59. The van der Waals surface area contributed by atoms with Gasteiger partial charge in [0.05, 0.1) is 5.54 Å². The van der Waals surface area contributed by atoms with Gasteiger partial charge in [-0.3, -0.25) is 14.4 Å². The highest BCUT2D eigenvalue weighted by atomic mass is 19.1. The van der Waals surface area contributed by atoms with Crippen LogP contribution in [0.5, 0.6) is 0 Å². The quantitative estimate of drug-likeness (QED) is 0.482. The third kappa shape index (κ3) is 6.42. The van der Waals surface area contributed by atoms with Gasteiger partial charge in [-0.05, 0) is 25.3 Å². The Kier molecular flexibility index (Phi) is 9.25. The molecule has 1 aromatic rings. The molecule has 2 rings (SSSR count). The van der Waals surface area contributed by atoms with Crippen molar-refractivity contribution in [3.05, 3.63) is 35.4 Å². The molecule has 3 N–H and O–H groups in total. The van der Waals surface area contributed by atoms with Crippen molar-refractivity contribution in [2.75, 3.05) is 13.6 Å². The highest BCUT2D eigenvalue weighted by molar-refractivity contribution is 5.75. The maximum absolute atomic E-state index is 13.7. The molecule has 1 aromatic carbocycles. The van der Waals surface area contributed by atoms with Gasteiger partial charge in [-0.1, -0.05) is 18.9 Å². The lowest BCUT2D eigenvalue weighted by Gasteiger charge is -2.29. The molecule has 0 radical (unpaired) electrons. The van der Waals surface area contributed by atoms with Crippen molar-refractivity contribution in [2.24, 2.45) is 0 Å². The average Bonchev–Trinajstić information content (AvgIpc) is 3.08. The molecule has 0 heterocycles. The van der Waals surface area contributed by atoms with Crippen LogP contribution in [0.1, 0.15) is 44.1 Å². The first-order chi connectivity index (χ1) is 12.5. The zero-order chi connectivity index (χ0) is 19.4. The molecule has 144 valence electrons. The van der Waals surface area contributed by atoms with Crippen LogP contribution in [0.2, 0.25) is 0 Å². The number of nitrogens with one attached hydrogen (secondary N) is 3. The molecule has 1 fully saturated rings. The first kappa shape index (κ1) is 21.5. The summed E-state index contributed by atoms with van der Waals surface area (Å²) in [5.41, 5.74) is -0.252. The summed E-state index contributed by atoms with van der Waals surface area (Å²) in [5.74, 6) is -1.18. The van der Waals surface area contributed by atoms with Gasteiger partial charge in [-0.2, -0.15) is 0 Å². The second-order valence-electron chi connectivity index (χ2n) is 6.02. The van der Waals surface area contributed by atoms with E-state index in [1.807, 2.05) is 0 Å². The van der Waals surface area contributed by atoms with Crippen LogP contribution in [-0.2, 0) is 19.9 Å². The van der Waals surface area contributed by atoms with Crippen LogP contribution < -0.4 is 16.0 Å². The Morgan fingerprint density at radius 1 is 1.19 bits per heavy atom. The minimum atomic E-state index is -0.639. The summed E-state index contributed by atoms with van der Waals surface area (Å²) in [6, 6.07) is 3.51. The molecule has 0 unspecified atom stereocenters. The molecule has 1 saturated carbocycles. The maximum atomic E-state index is 13.7. The minimum absolute atomic E-state index is 0.00713. The number of carbonyl (C=O) groups excluding carboxylic acids is 3. The van der Waals surface area contributed by atoms with Crippen LogP contribution in [0.15, 0.2) is 18.2 Å². The van der Waals surface area contributed by atoms with Crippen LogP contribution in [0.3, 0.4) is 0 Å². The second-order valence-corrected chi connectivity index (χ2v) is 6.02. The fraction of sp³-hybridized carbons (Fsp3) is 0.500. The van der Waals surface area contributed by atoms with Crippen LogP contribution in [0, 0.1) is 11.6 Å². The molecule has 0 saturated heterocycles. The van der Waals surface area contributed by atoms with Crippen molar-refractivity contribution in [1.29, 1.82) is 0 Å². The molecule has 0 aliphatic heterocycles. The first-order valence-corrected chi connectivity index (χ1v) is 8.53. The Morgan fingerprint density at radius 3 is 2.42 bits per heavy atom. The Balaban J connectivity index is 0.000000294. The largest absolute Gasteiger partial charge is 0.359 e. The lowest BCUT2D eigenvalue weighted by molar-refractivity contribution is -0.120. The smallest absolute Gasteiger partial charge is 0.219 e. The summed E-state index contributed by atoms with van der Waals surface area (Å²) in [5, 5.41) is 7.65. The van der Waals surface area contributed by atoms with Crippen LogP contribution >= 0.6 is 0 Å². The molecule has 0 aromatic heterocycles. The maximum Gasteiger partial charge on any atom is 0.219 e. The highest BCUT2D eigenvalue weighted by Gasteiger charge is 2.37. The Hall–Kier alpha value is -2.51. The van der Waals surface area contributed by atoms with E-state index in [1.165, 1.54) is 12.1 Å². The van der Waals surface area contributed by atoms with Gasteiger partial charge < -0.3 is 16.0 Å². The lowest BCUT2D eigenvalue weighted by Crippen LogP contribution is -2.39. The average molecular weight is 369 g/mol. The van der Waals surface area contributed by atoms with E-state index in [9.17, 15) is 23.2 Å². The summed E-state index contributed by atoms with van der Waals surface area (Å²) >= 11 is 0. The standard InChI is InChI=1S/C12H13F2NO.C6H12N2O2/c13-9-3-4-10(11(14)7-9)12(15-8-16)5-1-2-6-12;1-7-6(10)3-2-4-8-5-9/h3-4,7-8H,1-2,5-6H2,(H,15,16);5H,2-4H2,1H3,(H,7,10)(H,8,9). The van der Waals surface area contributed by atoms with E-state index in [0.29, 0.717) is 50.6 Å². The first-order valence-electron chi connectivity index (χ1n) is 8.53. The zero-order valence-corrected chi connectivity index (χ0v) is 14.8. The van der Waals surface area contributed by atoms with Gasteiger partial charge in [0.1, 0.15) is 11.6 Å². The number of amides is 3. The third-order valence-electron chi connectivity index (χ3n) is 4.33. The van der Waals surface area contributed by atoms with Crippen LogP contribution in [0.4, 0.5) is 8.78 Å². The van der Waals surface area contributed by atoms with E-state index in [0.717, 1.165) is 18.9 Å². The normalized spacial score (nSPS) is 14.6. The molecule has 3 amide bonds. The minimum Gasteiger partial charge on any atom is -0.359 e. The number of rotatable bonds is 8. The molecule has 1 aliphatic rings. The van der Waals surface area contributed by atoms with E-state index in [-0.39, 0.29) is 5.91 Å². The molecule has 6 nitrogen and oxygen atoms in total. The molecule has 0 bridgehead atoms. The molecule has 26 heavy (non-hydrogen) atoms. The summed E-state index contributed by atoms with van der Waals surface area (Å²) in [6.45, 7) is 0.566. The highest BCUT2D eigenvalue weighted by Crippen LogP contribution is 2.39. The van der Waals surface area contributed by atoms with Crippen LogP contribution in [0.25, 0.3) is 0 Å². The van der Waals surface area contributed by atoms with Crippen molar-refractivity contribution in [2.45, 2.75) is 44.1 Å². The Labute approximate surface area is 151 Å². The van der Waals surface area contributed by atoms with E-state index in [1.54, 1.807) is 7.05 Å². The summed E-state index contributed by atoms with van der Waals surface area (Å²) < 4.78 is 26.5. The summed E-state index contributed by atoms with van der Waals surface area (Å²) in [4.78, 5) is 30.9. The molecule has 0 spiro atoms. The molecule has 1 aliphatic carbocycles. The van der Waals surface area contributed by atoms with Crippen molar-refractivity contribution in [1.82, 2.24) is 16.0 Å². The van der Waals surface area contributed by atoms with Gasteiger partial charge >= 0.3 is 0 Å². The fourth-order valence-corrected chi connectivity index (χ4v) is 3.00. The van der Waals surface area contributed by atoms with Gasteiger partial charge in [-0.25, -0.2) is 8.78 Å². The Bertz CT molecular complexity index is 605. The van der Waals surface area contributed by atoms with Gasteiger partial charge in [0.2, 0.25) is 18.7 Å². The predicted molar refractivity (Wildman–Crippen MR) is 93.1 cm³/mol. The van der Waals surface area contributed by atoms with Crippen molar-refractivity contribution >= 4 is 18.7 Å². The SMILES string of the molecule is CNC(=O)CCCNC=O.O=CNC1(c2ccc(F)cc2F)CCCC1. The second kappa shape index (κ2) is 11.2. The number of hydrogen-bond donors (Lipinski definition) is 3. The van der Waals surface area contributed by atoms with E-state index in [2.05, 4.69) is 16.0 Å².